The van der Waals surface area contributed by atoms with Gasteiger partial charge in [0.1, 0.15) is 12.6 Å². The van der Waals surface area contributed by atoms with Crippen LogP contribution in [-0.2, 0) is 20.9 Å². The Morgan fingerprint density at radius 2 is 1.74 bits per heavy atom. The van der Waals surface area contributed by atoms with Crippen LogP contribution in [0.25, 0.3) is 0 Å². The summed E-state index contributed by atoms with van der Waals surface area (Å²) in [5.74, 6) is 4.60. The van der Waals surface area contributed by atoms with E-state index in [9.17, 15) is 14.4 Å². The number of hydrogen-bond donors (Lipinski definition) is 4. The highest BCUT2D eigenvalue weighted by Crippen LogP contribution is 2.32. The molecule has 0 radical (unpaired) electrons. The van der Waals surface area contributed by atoms with Crippen LogP contribution in [0.2, 0.25) is 0 Å². The molecule has 10 heteroatoms. The van der Waals surface area contributed by atoms with E-state index in [4.69, 9.17) is 10.6 Å². The molecule has 0 spiro atoms. The molecule has 0 saturated carbocycles. The Labute approximate surface area is 229 Å². The third kappa shape index (κ3) is 6.97. The molecule has 1 aliphatic heterocycles. The monoisotopic (exact) mass is 579 g/mol. The number of anilines is 1. The number of hydrogen-bond acceptors (Lipinski definition) is 6. The second-order valence-electron chi connectivity index (χ2n) is 8.90. The van der Waals surface area contributed by atoms with E-state index < -0.39 is 18.2 Å². The van der Waals surface area contributed by atoms with Gasteiger partial charge in [0.05, 0.1) is 12.6 Å². The fourth-order valence-electron chi connectivity index (χ4n) is 4.46. The minimum atomic E-state index is -0.652. The molecule has 0 aromatic heterocycles. The minimum Gasteiger partial charge on any atom is -0.445 e. The summed E-state index contributed by atoms with van der Waals surface area (Å²) in [6, 6.07) is 23.4. The highest BCUT2D eigenvalue weighted by Gasteiger charge is 2.35. The lowest BCUT2D eigenvalue weighted by Gasteiger charge is -2.26. The molecule has 1 heterocycles. The van der Waals surface area contributed by atoms with Crippen LogP contribution in [-0.4, -0.2) is 41.9 Å². The number of nitrogens with two attached hydrogens (primary N) is 1. The van der Waals surface area contributed by atoms with Gasteiger partial charge < -0.3 is 10.1 Å². The molecular formula is C28H30BrN5O4. The fourth-order valence-corrected chi connectivity index (χ4v) is 4.84. The van der Waals surface area contributed by atoms with Crippen LogP contribution >= 0.6 is 15.9 Å². The van der Waals surface area contributed by atoms with Gasteiger partial charge in [-0.3, -0.25) is 25.2 Å². The number of benzene rings is 3. The van der Waals surface area contributed by atoms with Crippen LogP contribution in [0.15, 0.2) is 83.3 Å². The molecule has 1 fully saturated rings. The largest absolute Gasteiger partial charge is 0.445 e. The highest BCUT2D eigenvalue weighted by molar-refractivity contribution is 9.10. The summed E-state index contributed by atoms with van der Waals surface area (Å²) in [7, 11) is 0. The Bertz CT molecular complexity index is 1260. The summed E-state index contributed by atoms with van der Waals surface area (Å²) < 4.78 is 6.29. The number of nitrogens with one attached hydrogen (secondary N) is 3. The first-order valence-corrected chi connectivity index (χ1v) is 13.1. The molecular weight excluding hydrogens is 550 g/mol. The van der Waals surface area contributed by atoms with E-state index in [2.05, 4.69) is 32.0 Å². The lowest BCUT2D eigenvalue weighted by molar-refractivity contribution is -0.121. The van der Waals surface area contributed by atoms with Crippen LogP contribution in [0.1, 0.15) is 35.6 Å². The molecule has 198 valence electrons. The molecule has 0 bridgehead atoms. The van der Waals surface area contributed by atoms with Crippen molar-refractivity contribution in [2.45, 2.75) is 31.5 Å². The van der Waals surface area contributed by atoms with Gasteiger partial charge >= 0.3 is 6.09 Å². The van der Waals surface area contributed by atoms with Crippen molar-refractivity contribution in [1.82, 2.24) is 15.6 Å². The summed E-state index contributed by atoms with van der Waals surface area (Å²) in [5.41, 5.74) is 5.22. The molecule has 1 saturated heterocycles. The number of nitrogens with zero attached hydrogens (tertiary/aromatic N) is 1. The zero-order valence-corrected chi connectivity index (χ0v) is 22.3. The molecule has 2 unspecified atom stereocenters. The van der Waals surface area contributed by atoms with Gasteiger partial charge in [0, 0.05) is 16.7 Å². The quantitative estimate of drug-likeness (QED) is 0.173. The van der Waals surface area contributed by atoms with Crippen molar-refractivity contribution < 1.29 is 19.1 Å². The minimum absolute atomic E-state index is 0.0282. The van der Waals surface area contributed by atoms with Crippen molar-refractivity contribution >= 4 is 39.5 Å². The molecule has 0 aliphatic carbocycles. The van der Waals surface area contributed by atoms with Gasteiger partial charge in [-0.05, 0) is 47.7 Å². The van der Waals surface area contributed by atoms with Crippen molar-refractivity contribution in [3.05, 3.63) is 100 Å². The van der Waals surface area contributed by atoms with Gasteiger partial charge in [-0.1, -0.05) is 76.6 Å². The molecule has 3 aromatic carbocycles. The number of likely N-dealkylation sites (tertiary alicyclic amines) is 1. The van der Waals surface area contributed by atoms with E-state index in [0.29, 0.717) is 25.1 Å². The second kappa shape index (κ2) is 13.2. The molecule has 9 nitrogen and oxygen atoms in total. The summed E-state index contributed by atoms with van der Waals surface area (Å²) >= 11 is 3.52. The predicted molar refractivity (Wildman–Crippen MR) is 148 cm³/mol. The average molecular weight is 580 g/mol. The molecule has 38 heavy (non-hydrogen) atoms. The maximum absolute atomic E-state index is 13.4. The Morgan fingerprint density at radius 1 is 1.03 bits per heavy atom. The number of halogens is 1. The van der Waals surface area contributed by atoms with E-state index in [0.717, 1.165) is 21.2 Å². The molecule has 4 rings (SSSR count). The second-order valence-corrected chi connectivity index (χ2v) is 9.82. The van der Waals surface area contributed by atoms with Crippen LogP contribution in [0.5, 0.6) is 0 Å². The smallest absolute Gasteiger partial charge is 0.410 e. The molecule has 1 aliphatic rings. The van der Waals surface area contributed by atoms with Gasteiger partial charge in [-0.2, -0.15) is 0 Å². The van der Waals surface area contributed by atoms with E-state index in [1.807, 2.05) is 72.8 Å². The van der Waals surface area contributed by atoms with E-state index in [1.165, 1.54) is 4.90 Å². The summed E-state index contributed by atoms with van der Waals surface area (Å²) in [6.45, 7) is 0.559. The van der Waals surface area contributed by atoms with Crippen molar-refractivity contribution in [1.29, 1.82) is 0 Å². The van der Waals surface area contributed by atoms with Gasteiger partial charge in [0.25, 0.3) is 0 Å². The number of ether oxygens (including phenoxy) is 1. The average Bonchev–Trinajstić information content (AvgIpc) is 3.44. The van der Waals surface area contributed by atoms with Gasteiger partial charge in [0.2, 0.25) is 11.8 Å². The summed E-state index contributed by atoms with van der Waals surface area (Å²) in [6.07, 6.45) is 0.725. The zero-order chi connectivity index (χ0) is 26.9. The first kappa shape index (κ1) is 27.3. The lowest BCUT2D eigenvalue weighted by atomic mass is 9.96. The molecule has 2 atom stereocenters. The molecule has 3 aromatic rings. The normalized spacial score (nSPS) is 15.5. The Morgan fingerprint density at radius 3 is 2.45 bits per heavy atom. The Hall–Kier alpha value is -3.73. The SMILES string of the molecule is NNC(=O)CNC(c1ccccc1)c1cc(Br)ccc1NC(=O)C1CCCN1C(=O)OCc1ccccc1. The van der Waals surface area contributed by atoms with Gasteiger partial charge in [-0.15, -0.1) is 0 Å². The standard InChI is InChI=1S/C28H30BrN5O4/c29-21-13-14-23(22(16-21)26(31-17-25(35)33-30)20-10-5-2-6-11-20)32-27(36)24-12-7-15-34(24)28(37)38-18-19-8-3-1-4-9-19/h1-6,8-11,13-14,16,24,26,31H,7,12,15,17-18,30H2,(H,32,36)(H,33,35). The van der Waals surface area contributed by atoms with Gasteiger partial charge in [-0.25, -0.2) is 10.6 Å². The van der Waals surface area contributed by atoms with Crippen LogP contribution in [0.3, 0.4) is 0 Å². The molecule has 5 N–H and O–H groups in total. The van der Waals surface area contributed by atoms with Crippen LogP contribution in [0, 0.1) is 0 Å². The van der Waals surface area contributed by atoms with Crippen molar-refractivity contribution in [3.8, 4) is 0 Å². The van der Waals surface area contributed by atoms with Gasteiger partial charge in [0.15, 0.2) is 0 Å². The predicted octanol–water partition coefficient (Wildman–Crippen LogP) is 3.86. The zero-order valence-electron chi connectivity index (χ0n) is 20.7. The van der Waals surface area contributed by atoms with Crippen LogP contribution < -0.4 is 21.9 Å². The Kier molecular flexibility index (Phi) is 9.47. The van der Waals surface area contributed by atoms with E-state index >= 15 is 0 Å². The van der Waals surface area contributed by atoms with Crippen LogP contribution in [0.4, 0.5) is 10.5 Å². The first-order chi connectivity index (χ1) is 18.5. The number of rotatable bonds is 9. The topological polar surface area (TPSA) is 126 Å². The maximum Gasteiger partial charge on any atom is 0.410 e. The summed E-state index contributed by atoms with van der Waals surface area (Å²) in [5, 5.41) is 6.24. The highest BCUT2D eigenvalue weighted by atomic mass is 79.9. The Balaban J connectivity index is 1.52. The van der Waals surface area contributed by atoms with Crippen molar-refractivity contribution in [2.75, 3.05) is 18.4 Å². The third-order valence-corrected chi connectivity index (χ3v) is 6.83. The number of hydrazine groups is 1. The summed E-state index contributed by atoms with van der Waals surface area (Å²) in [4.78, 5) is 39.6. The maximum atomic E-state index is 13.4. The first-order valence-electron chi connectivity index (χ1n) is 12.3. The third-order valence-electron chi connectivity index (χ3n) is 6.34. The fraction of sp³-hybridized carbons (Fsp3) is 0.250. The van der Waals surface area contributed by atoms with Crippen molar-refractivity contribution in [2.24, 2.45) is 5.84 Å². The number of carbonyl (C=O) groups is 3. The van der Waals surface area contributed by atoms with E-state index in [1.54, 1.807) is 6.07 Å². The number of carbonyl (C=O) groups excluding carboxylic acids is 3. The van der Waals surface area contributed by atoms with Crippen molar-refractivity contribution in [3.63, 3.8) is 0 Å². The molecule has 3 amide bonds. The lowest BCUT2D eigenvalue weighted by Crippen LogP contribution is -2.43. The number of amides is 3. The van der Waals surface area contributed by atoms with E-state index in [-0.39, 0.29) is 25.0 Å².